The summed E-state index contributed by atoms with van der Waals surface area (Å²) in [6.07, 6.45) is 1.04. The van der Waals surface area contributed by atoms with Crippen molar-refractivity contribution in [3.63, 3.8) is 0 Å². The van der Waals surface area contributed by atoms with Gasteiger partial charge in [-0.1, -0.05) is 6.92 Å². The van der Waals surface area contributed by atoms with Crippen molar-refractivity contribution < 1.29 is 8.78 Å². The Morgan fingerprint density at radius 2 is 1.74 bits per heavy atom. The molecule has 102 valence electrons. The Kier molecular flexibility index (Phi) is 4.66. The van der Waals surface area contributed by atoms with E-state index in [1.54, 1.807) is 11.3 Å². The molecule has 0 fully saturated rings. The Labute approximate surface area is 116 Å². The highest BCUT2D eigenvalue weighted by Gasteiger charge is 2.09. The van der Waals surface area contributed by atoms with Gasteiger partial charge in [0.15, 0.2) is 0 Å². The largest absolute Gasteiger partial charge is 0.305 e. The normalized spacial score (nSPS) is 12.6. The van der Waals surface area contributed by atoms with Crippen molar-refractivity contribution in [1.82, 2.24) is 5.32 Å². The number of rotatable bonds is 5. The second-order valence-corrected chi connectivity index (χ2v) is 5.78. The summed E-state index contributed by atoms with van der Waals surface area (Å²) in [6.45, 7) is 4.74. The van der Waals surface area contributed by atoms with E-state index < -0.39 is 11.6 Å². The van der Waals surface area contributed by atoms with Crippen LogP contribution in [0.4, 0.5) is 8.78 Å². The summed E-state index contributed by atoms with van der Waals surface area (Å²) in [7, 11) is 0. The minimum atomic E-state index is -0.534. The smallest absolute Gasteiger partial charge is 0.126 e. The maximum atomic E-state index is 13.1. The average molecular weight is 281 g/mol. The third kappa shape index (κ3) is 3.85. The van der Waals surface area contributed by atoms with E-state index in [1.807, 2.05) is 6.92 Å². The molecule has 19 heavy (non-hydrogen) atoms. The Bertz CT molecular complexity index is 531. The van der Waals surface area contributed by atoms with Gasteiger partial charge in [-0.15, -0.1) is 11.3 Å². The highest BCUT2D eigenvalue weighted by atomic mass is 32.1. The predicted octanol–water partition coefficient (Wildman–Crippen LogP) is 4.44. The van der Waals surface area contributed by atoms with Crippen molar-refractivity contribution in [1.29, 1.82) is 0 Å². The van der Waals surface area contributed by atoms with Crippen LogP contribution in [-0.2, 0) is 13.0 Å². The number of benzene rings is 1. The fraction of sp³-hybridized carbons (Fsp3) is 0.333. The van der Waals surface area contributed by atoms with Crippen LogP contribution in [0.15, 0.2) is 30.3 Å². The van der Waals surface area contributed by atoms with Crippen molar-refractivity contribution >= 4 is 11.3 Å². The lowest BCUT2D eigenvalue weighted by atomic mass is 10.1. The van der Waals surface area contributed by atoms with E-state index in [0.29, 0.717) is 12.1 Å². The molecule has 0 saturated heterocycles. The van der Waals surface area contributed by atoms with Gasteiger partial charge in [-0.25, -0.2) is 8.78 Å². The Hall–Kier alpha value is -1.26. The van der Waals surface area contributed by atoms with Crippen LogP contribution in [0.2, 0.25) is 0 Å². The predicted molar refractivity (Wildman–Crippen MR) is 75.3 cm³/mol. The van der Waals surface area contributed by atoms with E-state index in [1.165, 1.54) is 21.9 Å². The van der Waals surface area contributed by atoms with Gasteiger partial charge in [0.25, 0.3) is 0 Å². The number of hydrogen-bond donors (Lipinski definition) is 1. The van der Waals surface area contributed by atoms with E-state index in [2.05, 4.69) is 24.4 Å². The lowest BCUT2D eigenvalue weighted by Crippen LogP contribution is -2.17. The first kappa shape index (κ1) is 14.2. The van der Waals surface area contributed by atoms with E-state index in [9.17, 15) is 8.78 Å². The van der Waals surface area contributed by atoms with Crippen LogP contribution in [0, 0.1) is 11.6 Å². The SMILES string of the molecule is CCc1ccc(CNC(C)c2cc(F)cc(F)c2)s1. The molecule has 0 spiro atoms. The molecule has 2 rings (SSSR count). The Morgan fingerprint density at radius 1 is 1.11 bits per heavy atom. The average Bonchev–Trinajstić information content (AvgIpc) is 2.82. The van der Waals surface area contributed by atoms with E-state index in [0.717, 1.165) is 12.5 Å². The molecule has 1 N–H and O–H groups in total. The molecule has 2 aromatic rings. The molecule has 1 aromatic heterocycles. The summed E-state index contributed by atoms with van der Waals surface area (Å²) >= 11 is 1.77. The second-order valence-electron chi connectivity index (χ2n) is 4.53. The van der Waals surface area contributed by atoms with E-state index >= 15 is 0 Å². The van der Waals surface area contributed by atoms with E-state index in [-0.39, 0.29) is 6.04 Å². The van der Waals surface area contributed by atoms with Gasteiger partial charge in [-0.3, -0.25) is 0 Å². The summed E-state index contributed by atoms with van der Waals surface area (Å²) in [4.78, 5) is 2.59. The van der Waals surface area contributed by atoms with Gasteiger partial charge in [-0.2, -0.15) is 0 Å². The summed E-state index contributed by atoms with van der Waals surface area (Å²) < 4.78 is 26.3. The maximum absolute atomic E-state index is 13.1. The topological polar surface area (TPSA) is 12.0 Å². The Balaban J connectivity index is 1.98. The minimum absolute atomic E-state index is 0.0858. The molecule has 1 atom stereocenters. The molecule has 1 heterocycles. The van der Waals surface area contributed by atoms with Crippen molar-refractivity contribution in [2.45, 2.75) is 32.9 Å². The molecule has 0 radical (unpaired) electrons. The first-order valence-corrected chi connectivity index (χ1v) is 7.17. The number of hydrogen-bond acceptors (Lipinski definition) is 2. The van der Waals surface area contributed by atoms with Crippen LogP contribution in [0.25, 0.3) is 0 Å². The molecule has 0 bridgehead atoms. The minimum Gasteiger partial charge on any atom is -0.305 e. The van der Waals surface area contributed by atoms with Crippen molar-refractivity contribution in [2.24, 2.45) is 0 Å². The van der Waals surface area contributed by atoms with Crippen LogP contribution in [0.5, 0.6) is 0 Å². The fourth-order valence-corrected chi connectivity index (χ4v) is 2.81. The van der Waals surface area contributed by atoms with E-state index in [4.69, 9.17) is 0 Å². The number of halogens is 2. The first-order valence-electron chi connectivity index (χ1n) is 6.35. The highest BCUT2D eigenvalue weighted by molar-refractivity contribution is 7.11. The van der Waals surface area contributed by atoms with Crippen molar-refractivity contribution in [2.75, 3.05) is 0 Å². The number of thiophene rings is 1. The van der Waals surface area contributed by atoms with Crippen LogP contribution < -0.4 is 5.32 Å². The molecule has 1 aromatic carbocycles. The van der Waals surface area contributed by atoms with Crippen LogP contribution >= 0.6 is 11.3 Å². The quantitative estimate of drug-likeness (QED) is 0.854. The highest BCUT2D eigenvalue weighted by Crippen LogP contribution is 2.20. The van der Waals surface area contributed by atoms with Gasteiger partial charge >= 0.3 is 0 Å². The third-order valence-corrected chi connectivity index (χ3v) is 4.26. The molecule has 0 aliphatic heterocycles. The molecular formula is C15H17F2NS. The Morgan fingerprint density at radius 3 is 2.32 bits per heavy atom. The van der Waals surface area contributed by atoms with Crippen molar-refractivity contribution in [3.8, 4) is 0 Å². The zero-order chi connectivity index (χ0) is 13.8. The van der Waals surface area contributed by atoms with Crippen LogP contribution in [0.3, 0.4) is 0 Å². The molecule has 0 aliphatic rings. The van der Waals surface area contributed by atoms with Gasteiger partial charge in [0.2, 0.25) is 0 Å². The van der Waals surface area contributed by atoms with Gasteiger partial charge in [0.05, 0.1) is 0 Å². The lowest BCUT2D eigenvalue weighted by Gasteiger charge is -2.13. The fourth-order valence-electron chi connectivity index (χ4n) is 1.90. The zero-order valence-electron chi connectivity index (χ0n) is 11.0. The van der Waals surface area contributed by atoms with Gasteiger partial charge in [0.1, 0.15) is 11.6 Å². The lowest BCUT2D eigenvalue weighted by molar-refractivity contribution is 0.547. The molecular weight excluding hydrogens is 264 g/mol. The summed E-state index contributed by atoms with van der Waals surface area (Å²) in [6, 6.07) is 7.75. The molecule has 1 nitrogen and oxygen atoms in total. The van der Waals surface area contributed by atoms with Gasteiger partial charge in [-0.05, 0) is 43.2 Å². The molecule has 0 saturated carbocycles. The number of nitrogens with one attached hydrogen (secondary N) is 1. The number of aryl methyl sites for hydroxylation is 1. The van der Waals surface area contributed by atoms with Gasteiger partial charge < -0.3 is 5.32 Å². The summed E-state index contributed by atoms with van der Waals surface area (Å²) in [5, 5.41) is 3.28. The standard InChI is InChI=1S/C15H17F2NS/c1-3-14-4-5-15(19-14)9-18-10(2)11-6-12(16)8-13(17)7-11/h4-8,10,18H,3,9H2,1-2H3. The van der Waals surface area contributed by atoms with Crippen molar-refractivity contribution in [3.05, 3.63) is 57.3 Å². The summed E-state index contributed by atoms with van der Waals surface area (Å²) in [5.74, 6) is -1.07. The van der Waals surface area contributed by atoms with Gasteiger partial charge in [0, 0.05) is 28.4 Å². The molecule has 1 unspecified atom stereocenters. The maximum Gasteiger partial charge on any atom is 0.126 e. The molecule has 0 amide bonds. The second kappa shape index (κ2) is 6.26. The summed E-state index contributed by atoms with van der Waals surface area (Å²) in [5.41, 5.74) is 0.629. The molecule has 0 aliphatic carbocycles. The molecule has 4 heteroatoms. The van der Waals surface area contributed by atoms with Crippen LogP contribution in [0.1, 0.15) is 35.2 Å². The monoisotopic (exact) mass is 281 g/mol. The third-order valence-electron chi connectivity index (χ3n) is 3.03. The first-order chi connectivity index (χ1) is 9.08. The zero-order valence-corrected chi connectivity index (χ0v) is 11.9. The van der Waals surface area contributed by atoms with Crippen LogP contribution in [-0.4, -0.2) is 0 Å².